The van der Waals surface area contributed by atoms with Crippen molar-refractivity contribution in [2.24, 2.45) is 0 Å². The number of anilines is 2. The maximum atomic E-state index is 5.59. The van der Waals surface area contributed by atoms with Gasteiger partial charge in [0.15, 0.2) is 0 Å². The van der Waals surface area contributed by atoms with Crippen molar-refractivity contribution in [3.05, 3.63) is 23.2 Å². The first-order valence-electron chi connectivity index (χ1n) is 3.50. The van der Waals surface area contributed by atoms with Crippen LogP contribution in [-0.4, -0.2) is 0 Å². The highest BCUT2D eigenvalue weighted by molar-refractivity contribution is 6.31. The number of nitrogens with two attached hydrogens (primary N) is 2. The number of hydrogen-bond acceptors (Lipinski definition) is 2. The molecule has 1 aromatic rings. The zero-order chi connectivity index (χ0) is 8.85. The van der Waals surface area contributed by atoms with Gasteiger partial charge < -0.3 is 11.5 Å². The topological polar surface area (TPSA) is 52.0 Å². The van der Waals surface area contributed by atoms with Crippen LogP contribution >= 0.6 is 11.6 Å². The first-order chi connectivity index (χ1) is 5.18. The predicted octanol–water partition coefficient (Wildman–Crippen LogP) is 2.53. The Bertz CT molecular complexity index is 173. The molecule has 0 atom stereocenters. The molecule has 3 heteroatoms. The summed E-state index contributed by atoms with van der Waals surface area (Å²) in [5.41, 5.74) is 12.0. The van der Waals surface area contributed by atoms with Crippen LogP contribution in [0.5, 0.6) is 0 Å². The van der Waals surface area contributed by atoms with Gasteiger partial charge in [-0.1, -0.05) is 25.4 Å². The lowest BCUT2D eigenvalue weighted by molar-refractivity contribution is 1.50. The van der Waals surface area contributed by atoms with Crippen LogP contribution < -0.4 is 11.5 Å². The second kappa shape index (κ2) is 4.85. The van der Waals surface area contributed by atoms with Gasteiger partial charge in [-0.25, -0.2) is 0 Å². The Kier molecular flexibility index (Phi) is 4.46. The van der Waals surface area contributed by atoms with E-state index in [0.717, 1.165) is 0 Å². The molecule has 0 aliphatic rings. The summed E-state index contributed by atoms with van der Waals surface area (Å²) < 4.78 is 0. The summed E-state index contributed by atoms with van der Waals surface area (Å²) in [5.74, 6) is 0. The zero-order valence-electron chi connectivity index (χ0n) is 6.76. The van der Waals surface area contributed by atoms with Crippen molar-refractivity contribution in [1.29, 1.82) is 0 Å². The Hall–Kier alpha value is -0.890. The van der Waals surface area contributed by atoms with Crippen LogP contribution in [0.1, 0.15) is 13.8 Å². The van der Waals surface area contributed by atoms with E-state index in [1.807, 2.05) is 13.8 Å². The van der Waals surface area contributed by atoms with E-state index >= 15 is 0 Å². The highest BCUT2D eigenvalue weighted by Crippen LogP contribution is 2.17. The van der Waals surface area contributed by atoms with Crippen molar-refractivity contribution >= 4 is 23.0 Å². The molecule has 0 radical (unpaired) electrons. The van der Waals surface area contributed by atoms with E-state index in [-0.39, 0.29) is 0 Å². The summed E-state index contributed by atoms with van der Waals surface area (Å²) >= 11 is 5.59. The van der Waals surface area contributed by atoms with Crippen LogP contribution in [0.2, 0.25) is 5.02 Å². The number of hydrogen-bond donors (Lipinski definition) is 2. The van der Waals surface area contributed by atoms with Crippen LogP contribution in [0.3, 0.4) is 0 Å². The van der Waals surface area contributed by atoms with Crippen LogP contribution in [0.15, 0.2) is 18.2 Å². The Morgan fingerprint density at radius 2 is 1.36 bits per heavy atom. The predicted molar refractivity (Wildman–Crippen MR) is 51.6 cm³/mol. The van der Waals surface area contributed by atoms with Crippen molar-refractivity contribution in [3.8, 4) is 0 Å². The van der Waals surface area contributed by atoms with Gasteiger partial charge in [0.2, 0.25) is 0 Å². The first kappa shape index (κ1) is 10.1. The highest BCUT2D eigenvalue weighted by atomic mass is 35.5. The second-order valence-corrected chi connectivity index (χ2v) is 2.25. The molecule has 0 aliphatic heterocycles. The van der Waals surface area contributed by atoms with Crippen LogP contribution in [0, 0.1) is 0 Å². The molecule has 1 rings (SSSR count). The van der Waals surface area contributed by atoms with Crippen LogP contribution in [0.25, 0.3) is 0 Å². The first-order valence-corrected chi connectivity index (χ1v) is 3.88. The van der Waals surface area contributed by atoms with E-state index in [1.165, 1.54) is 0 Å². The van der Waals surface area contributed by atoms with Gasteiger partial charge in [-0.05, 0) is 18.2 Å². The molecule has 2 nitrogen and oxygen atoms in total. The summed E-state index contributed by atoms with van der Waals surface area (Å²) in [6.07, 6.45) is 0. The van der Waals surface area contributed by atoms with Crippen LogP contribution in [-0.2, 0) is 0 Å². The van der Waals surface area contributed by atoms with Crippen molar-refractivity contribution in [1.82, 2.24) is 0 Å². The quantitative estimate of drug-likeness (QED) is 0.591. The number of halogens is 1. The lowest BCUT2D eigenvalue weighted by atomic mass is 10.3. The fourth-order valence-corrected chi connectivity index (χ4v) is 0.888. The number of rotatable bonds is 0. The molecule has 1 aromatic carbocycles. The minimum atomic E-state index is 0.576. The molecular formula is C8H13ClN2. The smallest absolute Gasteiger partial charge is 0.0446 e. The van der Waals surface area contributed by atoms with Crippen molar-refractivity contribution < 1.29 is 0 Å². The highest BCUT2D eigenvalue weighted by Gasteiger charge is 1.90. The van der Waals surface area contributed by atoms with Crippen molar-refractivity contribution in [2.75, 3.05) is 11.5 Å². The maximum absolute atomic E-state index is 5.59. The molecule has 0 saturated carbocycles. The number of benzene rings is 1. The van der Waals surface area contributed by atoms with Crippen molar-refractivity contribution in [2.45, 2.75) is 13.8 Å². The Morgan fingerprint density at radius 3 is 1.64 bits per heavy atom. The fourth-order valence-electron chi connectivity index (χ4n) is 0.636. The van der Waals surface area contributed by atoms with Crippen LogP contribution in [0.4, 0.5) is 11.4 Å². The van der Waals surface area contributed by atoms with Gasteiger partial charge in [-0.3, -0.25) is 0 Å². The molecule has 0 spiro atoms. The number of nitrogen functional groups attached to an aromatic ring is 2. The van der Waals surface area contributed by atoms with Gasteiger partial charge in [0.25, 0.3) is 0 Å². The fraction of sp³-hybridized carbons (Fsp3) is 0.250. The Labute approximate surface area is 72.2 Å². The normalized spacial score (nSPS) is 8.27. The molecular weight excluding hydrogens is 160 g/mol. The molecule has 0 unspecified atom stereocenters. The third-order valence-corrected chi connectivity index (χ3v) is 1.16. The second-order valence-electron chi connectivity index (χ2n) is 1.82. The molecule has 62 valence electrons. The zero-order valence-corrected chi connectivity index (χ0v) is 7.52. The Balaban J connectivity index is 0.000000461. The van der Waals surface area contributed by atoms with Gasteiger partial charge in [-0.2, -0.15) is 0 Å². The van der Waals surface area contributed by atoms with Gasteiger partial charge in [-0.15, -0.1) is 0 Å². The average molecular weight is 173 g/mol. The molecule has 0 fully saturated rings. The largest absolute Gasteiger partial charge is 0.399 e. The molecule has 0 amide bonds. The third kappa shape index (κ3) is 3.73. The van der Waals surface area contributed by atoms with Gasteiger partial charge >= 0.3 is 0 Å². The van der Waals surface area contributed by atoms with E-state index in [9.17, 15) is 0 Å². The molecule has 0 aliphatic carbocycles. The molecule has 0 heterocycles. The molecule has 0 bridgehead atoms. The van der Waals surface area contributed by atoms with E-state index < -0.39 is 0 Å². The maximum Gasteiger partial charge on any atom is 0.0446 e. The summed E-state index contributed by atoms with van der Waals surface area (Å²) in [6, 6.07) is 4.96. The van der Waals surface area contributed by atoms with E-state index in [1.54, 1.807) is 18.2 Å². The third-order valence-electron chi connectivity index (χ3n) is 0.942. The minimum Gasteiger partial charge on any atom is -0.399 e. The summed E-state index contributed by atoms with van der Waals surface area (Å²) in [6.45, 7) is 4.00. The molecule has 4 N–H and O–H groups in total. The van der Waals surface area contributed by atoms with Gasteiger partial charge in [0.05, 0.1) is 0 Å². The molecule has 11 heavy (non-hydrogen) atoms. The van der Waals surface area contributed by atoms with E-state index in [2.05, 4.69) is 0 Å². The lowest BCUT2D eigenvalue weighted by Crippen LogP contribution is -1.88. The minimum absolute atomic E-state index is 0.576. The Morgan fingerprint density at radius 1 is 1.00 bits per heavy atom. The van der Waals surface area contributed by atoms with E-state index in [0.29, 0.717) is 16.4 Å². The summed E-state index contributed by atoms with van der Waals surface area (Å²) in [7, 11) is 0. The van der Waals surface area contributed by atoms with Gasteiger partial charge in [0.1, 0.15) is 0 Å². The van der Waals surface area contributed by atoms with E-state index in [4.69, 9.17) is 23.1 Å². The lowest BCUT2D eigenvalue weighted by Gasteiger charge is -1.95. The standard InChI is InChI=1S/C6H7ClN2.C2H6/c7-4-1-5(8)3-6(9)2-4;1-2/h1-3H,8-9H2;1-2H3. The molecule has 0 saturated heterocycles. The summed E-state index contributed by atoms with van der Waals surface area (Å²) in [5, 5.41) is 0.576. The monoisotopic (exact) mass is 172 g/mol. The van der Waals surface area contributed by atoms with Crippen molar-refractivity contribution in [3.63, 3.8) is 0 Å². The molecule has 0 aromatic heterocycles. The summed E-state index contributed by atoms with van der Waals surface area (Å²) in [4.78, 5) is 0. The van der Waals surface area contributed by atoms with Gasteiger partial charge in [0, 0.05) is 16.4 Å². The SMILES string of the molecule is CC.Nc1cc(N)cc(Cl)c1. The average Bonchev–Trinajstić information content (AvgIpc) is 1.88.